The van der Waals surface area contributed by atoms with Crippen LogP contribution in [-0.4, -0.2) is 14.8 Å². The van der Waals surface area contributed by atoms with E-state index >= 15 is 0 Å². The monoisotopic (exact) mass is 334 g/mol. The topological polar surface area (TPSA) is 42.7 Å². The molecule has 0 aliphatic heterocycles. The lowest BCUT2D eigenvalue weighted by atomic mass is 10.0. The number of hydrogen-bond donors (Lipinski definition) is 1. The molecule has 1 N–H and O–H groups in total. The van der Waals surface area contributed by atoms with E-state index in [0.29, 0.717) is 10.8 Å². The molecule has 0 unspecified atom stereocenters. The first-order valence-corrected chi connectivity index (χ1v) is 7.98. The Balaban J connectivity index is 1.79. The second kappa shape index (κ2) is 5.98. The minimum atomic E-state index is 0.613. The van der Waals surface area contributed by atoms with Crippen molar-refractivity contribution in [3.05, 3.63) is 72.1 Å². The van der Waals surface area contributed by atoms with Crippen LogP contribution in [0.1, 0.15) is 0 Å². The number of para-hydroxylation sites is 1. The lowest BCUT2D eigenvalue weighted by Crippen LogP contribution is -1.95. The number of aromatic nitrogens is 3. The van der Waals surface area contributed by atoms with Crippen LogP contribution in [0.3, 0.4) is 0 Å². The Bertz CT molecular complexity index is 1010. The average molecular weight is 335 g/mol. The summed E-state index contributed by atoms with van der Waals surface area (Å²) in [6.07, 6.45) is 5.66. The summed E-state index contributed by atoms with van der Waals surface area (Å²) in [5.41, 5.74) is 3.09. The molecule has 4 aromatic rings. The Morgan fingerprint density at radius 1 is 1.00 bits per heavy atom. The maximum absolute atomic E-state index is 6.61. The van der Waals surface area contributed by atoms with E-state index in [1.165, 1.54) is 0 Å². The molecule has 0 bridgehead atoms. The molecule has 118 valence electrons. The molecule has 0 saturated heterocycles. The van der Waals surface area contributed by atoms with E-state index in [1.807, 2.05) is 62.0 Å². The molecule has 2 aromatic carbocycles. The fraction of sp³-hybridized carbons (Fsp3) is 0.0526. The van der Waals surface area contributed by atoms with Crippen molar-refractivity contribution in [2.24, 2.45) is 7.05 Å². The van der Waals surface area contributed by atoms with E-state index in [0.717, 1.165) is 27.6 Å². The van der Waals surface area contributed by atoms with Gasteiger partial charge in [0.05, 0.1) is 11.2 Å². The first kappa shape index (κ1) is 14.7. The second-order valence-electron chi connectivity index (χ2n) is 5.62. The average Bonchev–Trinajstić information content (AvgIpc) is 3.05. The number of fused-ring (bicyclic) bond motifs is 1. The Hall–Kier alpha value is -2.85. The van der Waals surface area contributed by atoms with Gasteiger partial charge in [-0.05, 0) is 23.8 Å². The van der Waals surface area contributed by atoms with Gasteiger partial charge in [0.25, 0.3) is 0 Å². The van der Waals surface area contributed by atoms with E-state index in [-0.39, 0.29) is 0 Å². The van der Waals surface area contributed by atoms with Crippen molar-refractivity contribution in [3.8, 4) is 11.1 Å². The molecular formula is C19H15ClN4. The van der Waals surface area contributed by atoms with Crippen molar-refractivity contribution in [2.45, 2.75) is 0 Å². The Morgan fingerprint density at radius 2 is 1.83 bits per heavy atom. The SMILES string of the molecule is Cn1cc(-c2ccc3cnc(Nc4ccccc4)c(Cl)c3c2)cn1. The van der Waals surface area contributed by atoms with Crippen LogP contribution >= 0.6 is 11.6 Å². The molecule has 5 heteroatoms. The third-order valence-electron chi connectivity index (χ3n) is 3.91. The maximum Gasteiger partial charge on any atom is 0.149 e. The molecule has 0 radical (unpaired) electrons. The number of halogens is 1. The van der Waals surface area contributed by atoms with Crippen molar-refractivity contribution >= 4 is 33.9 Å². The molecule has 2 aromatic heterocycles. The molecule has 0 amide bonds. The van der Waals surface area contributed by atoms with Crippen LogP contribution < -0.4 is 5.32 Å². The molecule has 0 saturated carbocycles. The minimum Gasteiger partial charge on any atom is -0.339 e. The molecule has 0 aliphatic carbocycles. The van der Waals surface area contributed by atoms with Crippen LogP contribution in [-0.2, 0) is 7.05 Å². The fourth-order valence-corrected chi connectivity index (χ4v) is 2.93. The molecule has 2 heterocycles. The largest absolute Gasteiger partial charge is 0.339 e. The van der Waals surface area contributed by atoms with Gasteiger partial charge in [-0.15, -0.1) is 0 Å². The highest BCUT2D eigenvalue weighted by molar-refractivity contribution is 6.38. The number of aryl methyl sites for hydroxylation is 1. The summed E-state index contributed by atoms with van der Waals surface area (Å²) in [5.74, 6) is 0.652. The second-order valence-corrected chi connectivity index (χ2v) is 5.99. The highest BCUT2D eigenvalue weighted by atomic mass is 35.5. The zero-order valence-electron chi connectivity index (χ0n) is 13.1. The molecule has 0 atom stereocenters. The normalized spacial score (nSPS) is 10.9. The molecule has 24 heavy (non-hydrogen) atoms. The zero-order chi connectivity index (χ0) is 16.5. The zero-order valence-corrected chi connectivity index (χ0v) is 13.8. The molecular weight excluding hydrogens is 320 g/mol. The quantitative estimate of drug-likeness (QED) is 0.571. The van der Waals surface area contributed by atoms with Gasteiger partial charge in [0, 0.05) is 41.5 Å². The third kappa shape index (κ3) is 2.72. The van der Waals surface area contributed by atoms with E-state index in [4.69, 9.17) is 11.6 Å². The summed E-state index contributed by atoms with van der Waals surface area (Å²) in [4.78, 5) is 4.45. The predicted octanol–water partition coefficient (Wildman–Crippen LogP) is 5.03. The van der Waals surface area contributed by atoms with Crippen LogP contribution in [0.2, 0.25) is 5.02 Å². The Morgan fingerprint density at radius 3 is 2.58 bits per heavy atom. The number of benzene rings is 2. The highest BCUT2D eigenvalue weighted by Gasteiger charge is 2.10. The van der Waals surface area contributed by atoms with E-state index in [9.17, 15) is 0 Å². The minimum absolute atomic E-state index is 0.613. The predicted molar refractivity (Wildman–Crippen MR) is 98.7 cm³/mol. The van der Waals surface area contributed by atoms with Crippen LogP contribution in [0.25, 0.3) is 21.9 Å². The summed E-state index contributed by atoms with van der Waals surface area (Å²) in [6.45, 7) is 0. The van der Waals surface area contributed by atoms with Crippen LogP contribution in [0, 0.1) is 0 Å². The first-order valence-electron chi connectivity index (χ1n) is 7.60. The van der Waals surface area contributed by atoms with Gasteiger partial charge < -0.3 is 5.32 Å². The molecule has 0 spiro atoms. The van der Waals surface area contributed by atoms with Gasteiger partial charge >= 0.3 is 0 Å². The number of pyridine rings is 1. The number of hydrogen-bond acceptors (Lipinski definition) is 3. The lowest BCUT2D eigenvalue weighted by molar-refractivity contribution is 0.768. The summed E-state index contributed by atoms with van der Waals surface area (Å²) < 4.78 is 1.79. The van der Waals surface area contributed by atoms with Crippen LogP contribution in [0.15, 0.2) is 67.1 Å². The van der Waals surface area contributed by atoms with Gasteiger partial charge in [-0.2, -0.15) is 5.10 Å². The van der Waals surface area contributed by atoms with Crippen molar-refractivity contribution in [1.29, 1.82) is 0 Å². The Kier molecular flexibility index (Phi) is 3.67. The molecule has 4 rings (SSSR count). The van der Waals surface area contributed by atoms with Gasteiger partial charge in [-0.1, -0.05) is 41.9 Å². The molecule has 0 fully saturated rings. The van der Waals surface area contributed by atoms with E-state index in [1.54, 1.807) is 4.68 Å². The van der Waals surface area contributed by atoms with E-state index in [2.05, 4.69) is 27.5 Å². The van der Waals surface area contributed by atoms with Crippen molar-refractivity contribution in [2.75, 3.05) is 5.32 Å². The van der Waals surface area contributed by atoms with E-state index < -0.39 is 0 Å². The van der Waals surface area contributed by atoms with Gasteiger partial charge in [-0.3, -0.25) is 4.68 Å². The number of nitrogens with one attached hydrogen (secondary N) is 1. The maximum atomic E-state index is 6.61. The smallest absolute Gasteiger partial charge is 0.149 e. The molecule has 4 nitrogen and oxygen atoms in total. The lowest BCUT2D eigenvalue weighted by Gasteiger charge is -2.10. The summed E-state index contributed by atoms with van der Waals surface area (Å²) in [7, 11) is 1.91. The summed E-state index contributed by atoms with van der Waals surface area (Å²) in [6, 6.07) is 16.0. The third-order valence-corrected chi connectivity index (χ3v) is 4.29. The van der Waals surface area contributed by atoms with Crippen LogP contribution in [0.5, 0.6) is 0 Å². The van der Waals surface area contributed by atoms with Gasteiger partial charge in [0.15, 0.2) is 0 Å². The highest BCUT2D eigenvalue weighted by Crippen LogP contribution is 2.33. The first-order chi connectivity index (χ1) is 11.7. The number of nitrogens with zero attached hydrogens (tertiary/aromatic N) is 3. The Labute approximate surface area is 144 Å². The summed E-state index contributed by atoms with van der Waals surface area (Å²) in [5, 5.41) is 10.1. The number of anilines is 2. The van der Waals surface area contributed by atoms with Gasteiger partial charge in [0.2, 0.25) is 0 Å². The van der Waals surface area contributed by atoms with Crippen molar-refractivity contribution in [1.82, 2.24) is 14.8 Å². The summed E-state index contributed by atoms with van der Waals surface area (Å²) >= 11 is 6.61. The van der Waals surface area contributed by atoms with Crippen molar-refractivity contribution in [3.63, 3.8) is 0 Å². The van der Waals surface area contributed by atoms with Gasteiger partial charge in [0.1, 0.15) is 5.82 Å². The van der Waals surface area contributed by atoms with Gasteiger partial charge in [-0.25, -0.2) is 4.98 Å². The van der Waals surface area contributed by atoms with Crippen molar-refractivity contribution < 1.29 is 0 Å². The standard InChI is InChI=1S/C19H15ClN4/c1-24-12-15(11-22-24)13-7-8-14-10-21-19(18(20)17(14)9-13)23-16-5-3-2-4-6-16/h2-12H,1H3,(H,21,23). The molecule has 0 aliphatic rings. The fourth-order valence-electron chi connectivity index (χ4n) is 2.67. The van der Waals surface area contributed by atoms with Crippen LogP contribution in [0.4, 0.5) is 11.5 Å². The number of rotatable bonds is 3.